The van der Waals surface area contributed by atoms with Gasteiger partial charge in [0.2, 0.25) is 0 Å². The molecule has 0 N–H and O–H groups in total. The molecule has 5 heterocycles. The van der Waals surface area contributed by atoms with Gasteiger partial charge < -0.3 is 28.1 Å². The zero-order valence-corrected chi connectivity index (χ0v) is 54.1. The first kappa shape index (κ1) is 56.7. The maximum absolute atomic E-state index is 15.5. The third-order valence-electron chi connectivity index (χ3n) is 20.3. The molecule has 15 aromatic carbocycles. The number of anilines is 6. The van der Waals surface area contributed by atoms with E-state index in [9.17, 15) is 0 Å². The van der Waals surface area contributed by atoms with Gasteiger partial charge in [-0.1, -0.05) is 158 Å². The first-order valence-electron chi connectivity index (χ1n) is 33.9. The van der Waals surface area contributed by atoms with Gasteiger partial charge in [0.1, 0.15) is 0 Å². The molecule has 0 saturated heterocycles. The predicted octanol–water partition coefficient (Wildman–Crippen LogP) is 23.1. The van der Waals surface area contributed by atoms with Crippen LogP contribution in [0.15, 0.2) is 369 Å². The first-order valence-corrected chi connectivity index (χ1v) is 33.9. The fourth-order valence-corrected chi connectivity index (χ4v) is 15.8. The molecule has 20 rings (SSSR count). The SMILES string of the molecule is O=c1n(-c2ccc(N(c3ccc(-n4c5ccccc5c5ccccc54)cc3)c3ccc(-n4c5ccccc5c5ccccc54)cc3)cc2)c2ccccc2n1-c1ccc(N(c2ccc(-n3c4ccccc4c4ccccc43)cc2)c2ccc(-n3c4ccccc4c4ccccc43)cc2)cc1. The van der Waals surface area contributed by atoms with Crippen LogP contribution in [0.1, 0.15) is 0 Å². The summed E-state index contributed by atoms with van der Waals surface area (Å²) in [6.07, 6.45) is 0. The lowest BCUT2D eigenvalue weighted by atomic mass is 10.1. The van der Waals surface area contributed by atoms with Gasteiger partial charge >= 0.3 is 5.69 Å². The maximum atomic E-state index is 15.5. The lowest BCUT2D eigenvalue weighted by Crippen LogP contribution is -2.22. The van der Waals surface area contributed by atoms with Gasteiger partial charge in [0.25, 0.3) is 0 Å². The molecular weight excluding hydrogens is 1220 g/mol. The smallest absolute Gasteiger partial charge is 0.310 e. The van der Waals surface area contributed by atoms with E-state index in [0.29, 0.717) is 0 Å². The molecule has 9 heteroatoms. The largest absolute Gasteiger partial charge is 0.338 e. The van der Waals surface area contributed by atoms with Crippen LogP contribution in [0, 0.1) is 0 Å². The van der Waals surface area contributed by atoms with Gasteiger partial charge in [0, 0.05) is 100.0 Å². The zero-order valence-electron chi connectivity index (χ0n) is 54.1. The summed E-state index contributed by atoms with van der Waals surface area (Å²) in [5.41, 5.74) is 22.4. The highest BCUT2D eigenvalue weighted by atomic mass is 16.1. The predicted molar refractivity (Wildman–Crippen MR) is 416 cm³/mol. The Hall–Kier alpha value is -13.6. The van der Waals surface area contributed by atoms with Gasteiger partial charge in [-0.05, 0) is 206 Å². The van der Waals surface area contributed by atoms with E-state index >= 15 is 4.79 Å². The lowest BCUT2D eigenvalue weighted by Gasteiger charge is -2.26. The molecule has 5 aromatic heterocycles. The molecule has 0 radical (unpaired) electrons. The molecule has 0 aliphatic heterocycles. The van der Waals surface area contributed by atoms with Crippen molar-refractivity contribution in [2.45, 2.75) is 0 Å². The summed E-state index contributed by atoms with van der Waals surface area (Å²) < 4.78 is 13.1. The third kappa shape index (κ3) is 8.85. The quantitative estimate of drug-likeness (QED) is 0.122. The fraction of sp³-hybridized carbons (Fsp3) is 0. The summed E-state index contributed by atoms with van der Waals surface area (Å²) >= 11 is 0. The number of nitrogens with zero attached hydrogens (tertiary/aromatic N) is 8. The highest BCUT2D eigenvalue weighted by Crippen LogP contribution is 2.43. The standard InChI is InChI=1S/C91H60N8O/c100-91-98(71-57-45-65(46-58-71)92(61-37-49-67(50-38-61)94-81-27-9-1-19-73(81)74-20-2-10-28-82(74)94)62-39-51-68(52-40-62)95-83-29-11-3-21-75(83)76-22-4-12-30-84(76)95)89-35-17-18-36-90(89)99(91)72-59-47-66(48-60-72)93(63-41-53-69(54-42-63)96-85-31-13-5-23-77(85)78-24-6-14-32-86(78)96)64-43-55-70(56-44-64)97-87-33-15-7-25-79(87)80-26-8-16-34-88(80)97/h1-60H. The molecule has 0 atom stereocenters. The van der Waals surface area contributed by atoms with Crippen LogP contribution in [0.25, 0.3) is 132 Å². The molecular formula is C91H60N8O. The normalized spacial score (nSPS) is 11.8. The highest BCUT2D eigenvalue weighted by molar-refractivity contribution is 6.12. The number of hydrogen-bond acceptors (Lipinski definition) is 3. The van der Waals surface area contributed by atoms with E-state index in [1.807, 2.05) is 33.4 Å². The summed E-state index contributed by atoms with van der Waals surface area (Å²) in [5.74, 6) is 0. The molecule has 0 unspecified atom stereocenters. The molecule has 0 spiro atoms. The Morgan fingerprint density at radius 1 is 0.150 bits per heavy atom. The van der Waals surface area contributed by atoms with E-state index in [1.54, 1.807) is 0 Å². The molecule has 100 heavy (non-hydrogen) atoms. The average Bonchev–Trinajstić information content (AvgIpc) is 1.61. The molecule has 0 bridgehead atoms. The summed E-state index contributed by atoms with van der Waals surface area (Å²) in [6.45, 7) is 0. The van der Waals surface area contributed by atoms with Crippen LogP contribution in [-0.4, -0.2) is 27.4 Å². The minimum atomic E-state index is -0.169. The van der Waals surface area contributed by atoms with Crippen LogP contribution in [0.4, 0.5) is 34.1 Å². The Kier molecular flexibility index (Phi) is 12.9. The summed E-state index contributed by atoms with van der Waals surface area (Å²) in [6, 6.07) is 129. The molecule has 9 nitrogen and oxygen atoms in total. The molecule has 0 aliphatic rings. The topological polar surface area (TPSA) is 53.1 Å². The van der Waals surface area contributed by atoms with Gasteiger partial charge in [-0.25, -0.2) is 4.79 Å². The van der Waals surface area contributed by atoms with Gasteiger partial charge in [0.15, 0.2) is 0 Å². The van der Waals surface area contributed by atoms with E-state index in [4.69, 9.17) is 0 Å². The minimum absolute atomic E-state index is 0.169. The number of imidazole rings is 1. The Balaban J connectivity index is 0.671. The number of para-hydroxylation sites is 10. The van der Waals surface area contributed by atoms with Crippen LogP contribution in [0.2, 0.25) is 0 Å². The number of rotatable bonds is 12. The average molecular weight is 1280 g/mol. The van der Waals surface area contributed by atoms with Crippen molar-refractivity contribution < 1.29 is 0 Å². The van der Waals surface area contributed by atoms with Crippen molar-refractivity contribution >= 4 is 132 Å². The van der Waals surface area contributed by atoms with Crippen LogP contribution in [-0.2, 0) is 0 Å². The first-order chi connectivity index (χ1) is 49.6. The highest BCUT2D eigenvalue weighted by Gasteiger charge is 2.23. The van der Waals surface area contributed by atoms with E-state index in [1.165, 1.54) is 43.1 Å². The van der Waals surface area contributed by atoms with E-state index in [2.05, 4.69) is 368 Å². The summed E-state index contributed by atoms with van der Waals surface area (Å²) in [5, 5.41) is 9.77. The van der Waals surface area contributed by atoms with E-state index in [0.717, 1.165) is 123 Å². The van der Waals surface area contributed by atoms with Gasteiger partial charge in [-0.3, -0.25) is 9.13 Å². The molecule has 20 aromatic rings. The molecule has 0 saturated carbocycles. The van der Waals surface area contributed by atoms with Crippen molar-refractivity contribution in [2.75, 3.05) is 9.80 Å². The monoisotopic (exact) mass is 1280 g/mol. The Morgan fingerprint density at radius 3 is 0.460 bits per heavy atom. The van der Waals surface area contributed by atoms with E-state index < -0.39 is 0 Å². The van der Waals surface area contributed by atoms with Gasteiger partial charge in [0.05, 0.1) is 66.5 Å². The fourth-order valence-electron chi connectivity index (χ4n) is 15.8. The molecule has 470 valence electrons. The number of aromatic nitrogens is 6. The number of fused-ring (bicyclic) bond motifs is 13. The van der Waals surface area contributed by atoms with E-state index in [-0.39, 0.29) is 5.69 Å². The second kappa shape index (κ2) is 22.8. The zero-order chi connectivity index (χ0) is 65.9. The summed E-state index contributed by atoms with van der Waals surface area (Å²) in [7, 11) is 0. The van der Waals surface area contributed by atoms with Gasteiger partial charge in [-0.15, -0.1) is 0 Å². The van der Waals surface area contributed by atoms with Crippen LogP contribution in [0.3, 0.4) is 0 Å². The van der Waals surface area contributed by atoms with Crippen molar-refractivity contribution in [3.63, 3.8) is 0 Å². The maximum Gasteiger partial charge on any atom is 0.338 e. The van der Waals surface area contributed by atoms with Crippen molar-refractivity contribution in [1.82, 2.24) is 27.4 Å². The second-order valence-electron chi connectivity index (χ2n) is 25.7. The Labute approximate surface area is 574 Å². The third-order valence-corrected chi connectivity index (χ3v) is 20.3. The van der Waals surface area contributed by atoms with Crippen molar-refractivity contribution in [3.05, 3.63) is 374 Å². The van der Waals surface area contributed by atoms with Crippen LogP contribution in [0.5, 0.6) is 0 Å². The number of hydrogen-bond donors (Lipinski definition) is 0. The molecule has 0 fully saturated rings. The van der Waals surface area contributed by atoms with Gasteiger partial charge in [-0.2, -0.15) is 0 Å². The van der Waals surface area contributed by atoms with Crippen molar-refractivity contribution in [1.29, 1.82) is 0 Å². The van der Waals surface area contributed by atoms with Crippen LogP contribution < -0.4 is 15.5 Å². The Morgan fingerprint density at radius 2 is 0.290 bits per heavy atom. The number of benzene rings is 15. The Bertz CT molecular complexity index is 5720. The summed E-state index contributed by atoms with van der Waals surface area (Å²) in [4.78, 5) is 20.1. The lowest BCUT2D eigenvalue weighted by molar-refractivity contribution is 0.930. The second-order valence-corrected chi connectivity index (χ2v) is 25.7. The van der Waals surface area contributed by atoms with Crippen molar-refractivity contribution in [3.8, 4) is 34.1 Å². The molecule has 0 amide bonds. The minimum Gasteiger partial charge on any atom is -0.310 e. The van der Waals surface area contributed by atoms with Crippen molar-refractivity contribution in [2.24, 2.45) is 0 Å². The van der Waals surface area contributed by atoms with Crippen LogP contribution >= 0.6 is 0 Å². The molecule has 0 aliphatic carbocycles.